The molecule has 9 nitrogen and oxygen atoms in total. The van der Waals surface area contributed by atoms with Gasteiger partial charge in [0.25, 0.3) is 5.78 Å². The van der Waals surface area contributed by atoms with E-state index >= 15 is 0 Å². The van der Waals surface area contributed by atoms with E-state index in [1.54, 1.807) is 4.52 Å². The fourth-order valence-corrected chi connectivity index (χ4v) is 1.96. The van der Waals surface area contributed by atoms with Crippen molar-refractivity contribution < 1.29 is 4.52 Å². The number of nitrogens with one attached hydrogen (secondary N) is 2. The van der Waals surface area contributed by atoms with Gasteiger partial charge in [-0.3, -0.25) is 0 Å². The second-order valence-corrected chi connectivity index (χ2v) is 5.22. The molecule has 9 heteroatoms. The van der Waals surface area contributed by atoms with Gasteiger partial charge in [0.05, 0.1) is 0 Å². The molecular weight excluding hydrogens is 284 g/mol. The van der Waals surface area contributed by atoms with E-state index in [0.717, 1.165) is 11.5 Å². The summed E-state index contributed by atoms with van der Waals surface area (Å²) >= 11 is 0. The Kier molecular flexibility index (Phi) is 3.86. The lowest BCUT2D eigenvalue weighted by atomic mass is 10.2. The Morgan fingerprint density at radius 1 is 1.23 bits per heavy atom. The Morgan fingerprint density at radius 2 is 2.05 bits per heavy atom. The second kappa shape index (κ2) is 5.96. The topological polar surface area (TPSA) is 106 Å². The molecule has 3 aromatic heterocycles. The third kappa shape index (κ3) is 2.97. The van der Waals surface area contributed by atoms with Crippen molar-refractivity contribution in [1.29, 1.82) is 0 Å². The number of hydrogen-bond donors (Lipinski definition) is 2. The summed E-state index contributed by atoms with van der Waals surface area (Å²) in [6.07, 6.45) is 1.48. The summed E-state index contributed by atoms with van der Waals surface area (Å²) in [5.74, 6) is 2.37. The van der Waals surface area contributed by atoms with Crippen molar-refractivity contribution in [2.24, 2.45) is 0 Å². The molecule has 0 unspecified atom stereocenters. The van der Waals surface area contributed by atoms with E-state index in [0.29, 0.717) is 30.7 Å². The Hall–Kier alpha value is -2.71. The number of aryl methyl sites for hydroxylation is 1. The highest BCUT2D eigenvalue weighted by Crippen LogP contribution is 2.12. The molecule has 0 aliphatic heterocycles. The second-order valence-electron chi connectivity index (χ2n) is 5.22. The van der Waals surface area contributed by atoms with Gasteiger partial charge in [-0.2, -0.15) is 19.6 Å². The lowest BCUT2D eigenvalue weighted by molar-refractivity contribution is 0.419. The van der Waals surface area contributed by atoms with Crippen LogP contribution in [0, 0.1) is 6.92 Å². The molecule has 0 fully saturated rings. The van der Waals surface area contributed by atoms with E-state index in [1.807, 2.05) is 26.8 Å². The zero-order valence-corrected chi connectivity index (χ0v) is 12.7. The highest BCUT2D eigenvalue weighted by atomic mass is 16.5. The fourth-order valence-electron chi connectivity index (χ4n) is 1.96. The summed E-state index contributed by atoms with van der Waals surface area (Å²) < 4.78 is 6.78. The average molecular weight is 302 g/mol. The van der Waals surface area contributed by atoms with Crippen LogP contribution in [0.3, 0.4) is 0 Å². The maximum atomic E-state index is 5.12. The first-order valence-corrected chi connectivity index (χ1v) is 7.12. The zero-order valence-electron chi connectivity index (χ0n) is 12.7. The highest BCUT2D eigenvalue weighted by Gasteiger charge is 2.09. The largest absolute Gasteiger partial charge is 0.368 e. The minimum atomic E-state index is 0.248. The molecule has 116 valence electrons. The molecule has 0 spiro atoms. The summed E-state index contributed by atoms with van der Waals surface area (Å²) in [4.78, 5) is 12.6. The van der Waals surface area contributed by atoms with Gasteiger partial charge in [-0.15, -0.1) is 0 Å². The van der Waals surface area contributed by atoms with Crippen molar-refractivity contribution in [3.05, 3.63) is 23.9 Å². The summed E-state index contributed by atoms with van der Waals surface area (Å²) in [7, 11) is 0. The maximum Gasteiger partial charge on any atom is 0.321 e. The Balaban J connectivity index is 1.57. The molecule has 0 aromatic carbocycles. The number of aromatic nitrogens is 6. The van der Waals surface area contributed by atoms with Crippen molar-refractivity contribution in [1.82, 2.24) is 29.7 Å². The predicted molar refractivity (Wildman–Crippen MR) is 80.9 cm³/mol. The van der Waals surface area contributed by atoms with Crippen molar-refractivity contribution >= 4 is 17.6 Å². The standard InChI is InChI=1S/C13H18N8O/c1-8(2)11-19-13(22-20-11)15-5-4-14-10-6-9(3)18-12-16-7-17-21(10)12/h6-8,14H,4-5H2,1-3H3,(H,15,19,20). The predicted octanol–water partition coefficient (Wildman–Crippen LogP) is 1.46. The van der Waals surface area contributed by atoms with Crippen LogP contribution in [-0.4, -0.2) is 42.8 Å². The van der Waals surface area contributed by atoms with E-state index < -0.39 is 0 Å². The van der Waals surface area contributed by atoms with E-state index in [2.05, 4.69) is 35.8 Å². The SMILES string of the molecule is Cc1cc(NCCNc2nc(C(C)C)no2)n2ncnc2n1. The first kappa shape index (κ1) is 14.2. The van der Waals surface area contributed by atoms with Crippen LogP contribution in [0.4, 0.5) is 11.8 Å². The molecule has 0 aliphatic rings. The first-order chi connectivity index (χ1) is 10.6. The molecule has 3 heterocycles. The van der Waals surface area contributed by atoms with Crippen molar-refractivity contribution in [3.63, 3.8) is 0 Å². The van der Waals surface area contributed by atoms with Crippen LogP contribution >= 0.6 is 0 Å². The summed E-state index contributed by atoms with van der Waals surface area (Å²) in [5.41, 5.74) is 0.884. The number of anilines is 2. The monoisotopic (exact) mass is 302 g/mol. The van der Waals surface area contributed by atoms with E-state index in [1.165, 1.54) is 6.33 Å². The van der Waals surface area contributed by atoms with Gasteiger partial charge in [0.15, 0.2) is 5.82 Å². The van der Waals surface area contributed by atoms with E-state index in [4.69, 9.17) is 4.52 Å². The van der Waals surface area contributed by atoms with Gasteiger partial charge >= 0.3 is 6.01 Å². The molecule has 0 atom stereocenters. The van der Waals surface area contributed by atoms with Gasteiger partial charge in [-0.1, -0.05) is 19.0 Å². The molecule has 0 aliphatic carbocycles. The molecule has 3 aromatic rings. The van der Waals surface area contributed by atoms with E-state index in [-0.39, 0.29) is 5.92 Å². The Morgan fingerprint density at radius 3 is 2.82 bits per heavy atom. The van der Waals surface area contributed by atoms with Crippen LogP contribution in [0.25, 0.3) is 5.78 Å². The molecule has 2 N–H and O–H groups in total. The average Bonchev–Trinajstić information content (AvgIpc) is 3.11. The van der Waals surface area contributed by atoms with Gasteiger partial charge < -0.3 is 15.2 Å². The summed E-state index contributed by atoms with van der Waals surface area (Å²) in [6.45, 7) is 7.26. The molecule has 0 radical (unpaired) electrons. The lowest BCUT2D eigenvalue weighted by Gasteiger charge is -2.08. The van der Waals surface area contributed by atoms with Crippen molar-refractivity contribution in [2.75, 3.05) is 23.7 Å². The third-order valence-electron chi connectivity index (χ3n) is 3.05. The van der Waals surface area contributed by atoms with Gasteiger partial charge in [0.1, 0.15) is 12.1 Å². The van der Waals surface area contributed by atoms with E-state index in [9.17, 15) is 0 Å². The third-order valence-corrected chi connectivity index (χ3v) is 3.05. The maximum absolute atomic E-state index is 5.12. The van der Waals surface area contributed by atoms with Gasteiger partial charge in [0, 0.05) is 30.8 Å². The molecular formula is C13H18N8O. The van der Waals surface area contributed by atoms with Crippen LogP contribution in [0.2, 0.25) is 0 Å². The van der Waals surface area contributed by atoms with Crippen LogP contribution in [0.15, 0.2) is 16.9 Å². The number of nitrogens with zero attached hydrogens (tertiary/aromatic N) is 6. The summed E-state index contributed by atoms with van der Waals surface area (Å²) in [5, 5.41) is 14.4. The number of rotatable bonds is 6. The Labute approximate surface area is 127 Å². The molecule has 0 saturated carbocycles. The van der Waals surface area contributed by atoms with Crippen LogP contribution in [0.5, 0.6) is 0 Å². The minimum absolute atomic E-state index is 0.248. The minimum Gasteiger partial charge on any atom is -0.368 e. The van der Waals surface area contributed by atoms with Crippen molar-refractivity contribution in [3.8, 4) is 0 Å². The van der Waals surface area contributed by atoms with Crippen LogP contribution < -0.4 is 10.6 Å². The van der Waals surface area contributed by atoms with Gasteiger partial charge in [-0.05, 0) is 6.92 Å². The molecule has 3 rings (SSSR count). The van der Waals surface area contributed by atoms with Crippen LogP contribution in [0.1, 0.15) is 31.3 Å². The van der Waals surface area contributed by atoms with Gasteiger partial charge in [0.2, 0.25) is 0 Å². The molecule has 0 amide bonds. The normalized spacial score (nSPS) is 11.3. The molecule has 22 heavy (non-hydrogen) atoms. The Bertz CT molecular complexity index is 762. The zero-order chi connectivity index (χ0) is 15.5. The number of fused-ring (bicyclic) bond motifs is 1. The highest BCUT2D eigenvalue weighted by molar-refractivity contribution is 5.44. The molecule has 0 bridgehead atoms. The summed E-state index contributed by atoms with van der Waals surface area (Å²) in [6, 6.07) is 2.35. The van der Waals surface area contributed by atoms with Gasteiger partial charge in [-0.25, -0.2) is 4.98 Å². The smallest absolute Gasteiger partial charge is 0.321 e. The quantitative estimate of drug-likeness (QED) is 0.659. The lowest BCUT2D eigenvalue weighted by Crippen LogP contribution is -2.16. The fraction of sp³-hybridized carbons (Fsp3) is 0.462. The first-order valence-electron chi connectivity index (χ1n) is 7.12. The molecule has 0 saturated heterocycles. The van der Waals surface area contributed by atoms with Crippen molar-refractivity contribution in [2.45, 2.75) is 26.7 Å². The number of hydrogen-bond acceptors (Lipinski definition) is 8. The van der Waals surface area contributed by atoms with Crippen LogP contribution in [-0.2, 0) is 0 Å².